The van der Waals surface area contributed by atoms with Crippen molar-refractivity contribution in [2.75, 3.05) is 6.61 Å². The number of nitrogens with zero attached hydrogens (tertiary/aromatic N) is 1. The molecule has 0 amide bonds. The van der Waals surface area contributed by atoms with E-state index in [1.807, 2.05) is 6.92 Å². The van der Waals surface area contributed by atoms with Gasteiger partial charge in [0.05, 0.1) is 12.7 Å². The van der Waals surface area contributed by atoms with Gasteiger partial charge in [-0.25, -0.2) is 18.5 Å². The third-order valence-electron chi connectivity index (χ3n) is 2.72. The number of nitrogens with one attached hydrogen (secondary N) is 1. The number of aromatic nitrogens is 2. The zero-order valence-electron chi connectivity index (χ0n) is 15.0. The molecule has 19 heteroatoms. The maximum atomic E-state index is 11.3. The summed E-state index contributed by atoms with van der Waals surface area (Å²) in [5, 5.41) is 8.90. The highest BCUT2D eigenvalue weighted by atomic mass is 31.3. The van der Waals surface area contributed by atoms with E-state index in [4.69, 9.17) is 34.3 Å². The molecule has 1 aromatic rings. The Hall–Kier alpha value is -0.990. The first-order valence-electron chi connectivity index (χ1n) is 7.39. The fraction of sp³-hybridized carbons (Fsp3) is 0.600. The van der Waals surface area contributed by atoms with Gasteiger partial charge in [0.15, 0.2) is 0 Å². The molecule has 1 unspecified atom stereocenters. The van der Waals surface area contributed by atoms with Crippen molar-refractivity contribution in [1.29, 1.82) is 0 Å². The van der Waals surface area contributed by atoms with E-state index in [2.05, 4.69) is 13.6 Å². The molecule has 0 aliphatic carbocycles. The number of phosphoric acid groups is 3. The van der Waals surface area contributed by atoms with Crippen LogP contribution in [0.25, 0.3) is 0 Å². The molecule has 0 aromatic carbocycles. The van der Waals surface area contributed by atoms with Gasteiger partial charge in [0.1, 0.15) is 6.73 Å². The zero-order chi connectivity index (χ0) is 23.0. The number of rotatable bonds is 9. The summed E-state index contributed by atoms with van der Waals surface area (Å²) in [5.74, 6) is 0. The van der Waals surface area contributed by atoms with Crippen LogP contribution in [0.15, 0.2) is 15.8 Å². The van der Waals surface area contributed by atoms with E-state index in [-0.39, 0.29) is 19.4 Å². The monoisotopic (exact) mass is 486 g/mol. The molecule has 7 N–H and O–H groups in total. The minimum absolute atomic E-state index is 0.0233. The first-order valence-corrected chi connectivity index (χ1v) is 11.9. The molecule has 0 fully saturated rings. The third-order valence-corrected chi connectivity index (χ3v) is 6.07. The van der Waals surface area contributed by atoms with Gasteiger partial charge in [-0.15, -0.1) is 0 Å². The standard InChI is InChI=1S/C10H16N2O4.H5O10P3/c1-3-8(5-13)16-6-12-4-7(2)9(14)11-10(12)15;1-11(2,3)9-13(7,8)10-12(4,5)6/h4,8,13H,3,5-6H2,1-2H3,(H,11,14,15);(H,7,8)(H2,1,2,3)(H2,4,5,6). The Morgan fingerprint density at radius 3 is 1.93 bits per heavy atom. The highest BCUT2D eigenvalue weighted by Crippen LogP contribution is 2.64. The van der Waals surface area contributed by atoms with E-state index in [1.165, 1.54) is 10.8 Å². The number of hydrogen-bond acceptors (Lipinski definition) is 9. The number of aliphatic hydroxyl groups is 1. The van der Waals surface area contributed by atoms with Crippen molar-refractivity contribution >= 4 is 23.5 Å². The Morgan fingerprint density at radius 2 is 1.55 bits per heavy atom. The predicted molar refractivity (Wildman–Crippen MR) is 94.4 cm³/mol. The largest absolute Gasteiger partial charge is 0.490 e. The Bertz CT molecular complexity index is 881. The molecule has 0 aliphatic rings. The average Bonchev–Trinajstić information content (AvgIpc) is 2.48. The lowest BCUT2D eigenvalue weighted by Crippen LogP contribution is -2.32. The van der Waals surface area contributed by atoms with Gasteiger partial charge in [0.2, 0.25) is 0 Å². The highest BCUT2D eigenvalue weighted by Gasteiger charge is 2.38. The molecular weight excluding hydrogens is 465 g/mol. The van der Waals surface area contributed by atoms with Crippen molar-refractivity contribution in [1.82, 2.24) is 9.55 Å². The van der Waals surface area contributed by atoms with Crippen molar-refractivity contribution in [3.8, 4) is 0 Å². The van der Waals surface area contributed by atoms with Gasteiger partial charge in [-0.05, 0) is 13.3 Å². The summed E-state index contributed by atoms with van der Waals surface area (Å²) in [4.78, 5) is 64.8. The summed E-state index contributed by atoms with van der Waals surface area (Å²) in [5.41, 5.74) is -0.459. The van der Waals surface area contributed by atoms with Crippen LogP contribution in [0.5, 0.6) is 0 Å². The molecule has 0 aliphatic heterocycles. The predicted octanol–water partition coefficient (Wildman–Crippen LogP) is -1.10. The fourth-order valence-electron chi connectivity index (χ4n) is 1.48. The van der Waals surface area contributed by atoms with Crippen molar-refractivity contribution in [2.45, 2.75) is 33.1 Å². The molecule has 0 spiro atoms. The summed E-state index contributed by atoms with van der Waals surface area (Å²) >= 11 is 0. The zero-order valence-corrected chi connectivity index (χ0v) is 17.7. The van der Waals surface area contributed by atoms with Crippen LogP contribution >= 0.6 is 23.5 Å². The normalized spacial score (nSPS) is 13.5. The smallest absolute Gasteiger partial charge is 0.394 e. The molecule has 1 heterocycles. The van der Waals surface area contributed by atoms with Gasteiger partial charge in [0, 0.05) is 11.8 Å². The van der Waals surface area contributed by atoms with Gasteiger partial charge in [-0.2, -0.15) is 8.62 Å². The lowest BCUT2D eigenvalue weighted by atomic mass is 10.3. The number of aliphatic hydroxyl groups excluding tert-OH is 1. The molecule has 1 aromatic heterocycles. The average molecular weight is 486 g/mol. The minimum Gasteiger partial charge on any atom is -0.394 e. The van der Waals surface area contributed by atoms with Gasteiger partial charge >= 0.3 is 29.2 Å². The molecule has 16 nitrogen and oxygen atoms in total. The minimum atomic E-state index is -5.46. The molecule has 0 saturated heterocycles. The van der Waals surface area contributed by atoms with Crippen LogP contribution in [0.1, 0.15) is 18.9 Å². The van der Waals surface area contributed by atoms with Crippen molar-refractivity contribution in [2.24, 2.45) is 0 Å². The van der Waals surface area contributed by atoms with E-state index in [9.17, 15) is 23.3 Å². The first kappa shape index (κ1) is 28.0. The summed E-state index contributed by atoms with van der Waals surface area (Å²) in [6.45, 7) is 3.42. The second kappa shape index (κ2) is 11.4. The maximum absolute atomic E-state index is 11.3. The quantitative estimate of drug-likeness (QED) is 0.204. The van der Waals surface area contributed by atoms with Crippen LogP contribution in [-0.2, 0) is 33.8 Å². The van der Waals surface area contributed by atoms with Gasteiger partial charge in [-0.1, -0.05) is 6.92 Å². The van der Waals surface area contributed by atoms with Crippen LogP contribution in [0.2, 0.25) is 0 Å². The Morgan fingerprint density at radius 1 is 1.07 bits per heavy atom. The third kappa shape index (κ3) is 13.0. The molecule has 0 bridgehead atoms. The second-order valence-corrected chi connectivity index (χ2v) is 9.37. The number of H-pyrrole nitrogens is 1. The van der Waals surface area contributed by atoms with E-state index >= 15 is 0 Å². The number of hydrogen-bond donors (Lipinski definition) is 7. The van der Waals surface area contributed by atoms with Crippen LogP contribution in [0, 0.1) is 6.92 Å². The second-order valence-electron chi connectivity index (χ2n) is 5.16. The molecular formula is C10H21N2O14P3. The number of aromatic amines is 1. The lowest BCUT2D eigenvalue weighted by molar-refractivity contribution is -0.0269. The van der Waals surface area contributed by atoms with Gasteiger partial charge in [-0.3, -0.25) is 14.3 Å². The van der Waals surface area contributed by atoms with Crippen molar-refractivity contribution in [3.63, 3.8) is 0 Å². The summed E-state index contributed by atoms with van der Waals surface area (Å²) in [7, 11) is -16.2. The first-order chi connectivity index (χ1) is 13.0. The van der Waals surface area contributed by atoms with Crippen LogP contribution in [0.4, 0.5) is 0 Å². The molecule has 1 atom stereocenters. The van der Waals surface area contributed by atoms with Crippen molar-refractivity contribution in [3.05, 3.63) is 32.6 Å². The van der Waals surface area contributed by atoms with Gasteiger partial charge < -0.3 is 34.3 Å². The SMILES string of the molecule is CCC(CO)OCn1cc(C)c(=O)[nH]c1=O.O=P(O)(O)OP(=O)(O)OP(=O)(O)O. The molecule has 0 radical (unpaired) electrons. The Kier molecular flexibility index (Phi) is 11.0. The van der Waals surface area contributed by atoms with Crippen LogP contribution < -0.4 is 11.2 Å². The highest BCUT2D eigenvalue weighted by molar-refractivity contribution is 7.66. The van der Waals surface area contributed by atoms with E-state index in [0.29, 0.717) is 12.0 Å². The summed E-state index contributed by atoms with van der Waals surface area (Å²) in [6.07, 6.45) is 1.80. The maximum Gasteiger partial charge on any atom is 0.490 e. The molecule has 170 valence electrons. The summed E-state index contributed by atoms with van der Waals surface area (Å²) < 4.78 is 42.9. The van der Waals surface area contributed by atoms with Crippen LogP contribution in [-0.4, -0.2) is 51.8 Å². The molecule has 1 rings (SSSR count). The summed E-state index contributed by atoms with van der Waals surface area (Å²) in [6, 6.07) is 0. The number of ether oxygens (including phenoxy) is 1. The number of aryl methyl sites for hydroxylation is 1. The fourth-order valence-corrected chi connectivity index (χ4v) is 4.02. The Balaban J connectivity index is 0.000000555. The van der Waals surface area contributed by atoms with Gasteiger partial charge in [0.25, 0.3) is 5.56 Å². The van der Waals surface area contributed by atoms with E-state index < -0.39 is 34.7 Å². The Labute approximate surface area is 162 Å². The van der Waals surface area contributed by atoms with Crippen LogP contribution in [0.3, 0.4) is 0 Å². The van der Waals surface area contributed by atoms with E-state index in [1.54, 1.807) is 6.92 Å². The topological polar surface area (TPSA) is 255 Å². The van der Waals surface area contributed by atoms with Crippen molar-refractivity contribution < 1.29 is 56.6 Å². The van der Waals surface area contributed by atoms with E-state index in [0.717, 1.165) is 0 Å². The molecule has 29 heavy (non-hydrogen) atoms. The molecule has 0 saturated carbocycles. The lowest BCUT2D eigenvalue weighted by Gasteiger charge is -2.14.